The second-order valence-electron chi connectivity index (χ2n) is 5.00. The van der Waals surface area contributed by atoms with Crippen LogP contribution in [0.3, 0.4) is 0 Å². The van der Waals surface area contributed by atoms with Gasteiger partial charge in [-0.3, -0.25) is 4.79 Å². The van der Waals surface area contributed by atoms with E-state index in [4.69, 9.17) is 4.74 Å². The van der Waals surface area contributed by atoms with Crippen molar-refractivity contribution in [3.05, 3.63) is 0 Å². The molecule has 0 aromatic carbocycles. The summed E-state index contributed by atoms with van der Waals surface area (Å²) >= 11 is 0. The zero-order valence-electron chi connectivity index (χ0n) is 10.8. The van der Waals surface area contributed by atoms with Gasteiger partial charge in [0.2, 0.25) is 5.91 Å². The molecule has 0 spiro atoms. The second-order valence-corrected chi connectivity index (χ2v) is 5.00. The number of rotatable bonds is 6. The summed E-state index contributed by atoms with van der Waals surface area (Å²) in [6, 6.07) is 0. The van der Waals surface area contributed by atoms with Gasteiger partial charge in [0.1, 0.15) is 0 Å². The van der Waals surface area contributed by atoms with E-state index < -0.39 is 5.60 Å². The van der Waals surface area contributed by atoms with E-state index in [1.54, 1.807) is 14.0 Å². The van der Waals surface area contributed by atoms with Crippen molar-refractivity contribution in [3.8, 4) is 0 Å². The highest BCUT2D eigenvalue weighted by molar-refractivity contribution is 5.79. The van der Waals surface area contributed by atoms with Crippen LogP contribution >= 0.6 is 0 Å². The van der Waals surface area contributed by atoms with Crippen molar-refractivity contribution in [2.45, 2.75) is 31.8 Å². The fourth-order valence-corrected chi connectivity index (χ4v) is 1.91. The third-order valence-corrected chi connectivity index (χ3v) is 3.16. The third-order valence-electron chi connectivity index (χ3n) is 3.16. The maximum atomic E-state index is 11.8. The molecule has 1 amide bonds. The molecule has 0 radical (unpaired) electrons. The third kappa shape index (κ3) is 5.48. The van der Waals surface area contributed by atoms with Gasteiger partial charge in [0.15, 0.2) is 0 Å². The predicted molar refractivity (Wildman–Crippen MR) is 65.7 cm³/mol. The molecule has 5 heteroatoms. The van der Waals surface area contributed by atoms with Crippen molar-refractivity contribution >= 4 is 5.91 Å². The second kappa shape index (κ2) is 6.93. The smallest absolute Gasteiger partial charge is 0.224 e. The quantitative estimate of drug-likeness (QED) is 0.610. The van der Waals surface area contributed by atoms with Crippen molar-refractivity contribution in [3.63, 3.8) is 0 Å². The molecule has 0 aliphatic carbocycles. The lowest BCUT2D eigenvalue weighted by molar-refractivity contribution is -0.126. The van der Waals surface area contributed by atoms with Crippen molar-refractivity contribution in [2.24, 2.45) is 5.92 Å². The Balaban J connectivity index is 2.26. The number of carbonyl (C=O) groups excluding carboxylic acids is 1. The lowest BCUT2D eigenvalue weighted by Gasteiger charge is -2.26. The number of aliphatic hydroxyl groups is 1. The van der Waals surface area contributed by atoms with Gasteiger partial charge < -0.3 is 20.5 Å². The molecule has 1 fully saturated rings. The van der Waals surface area contributed by atoms with Crippen molar-refractivity contribution in [1.82, 2.24) is 10.6 Å². The van der Waals surface area contributed by atoms with Crippen LogP contribution in [0, 0.1) is 5.92 Å². The first-order valence-electron chi connectivity index (χ1n) is 6.25. The fraction of sp³-hybridized carbons (Fsp3) is 0.917. The van der Waals surface area contributed by atoms with Crippen LogP contribution in [0.4, 0.5) is 0 Å². The first-order chi connectivity index (χ1) is 8.05. The Morgan fingerprint density at radius 1 is 1.65 bits per heavy atom. The van der Waals surface area contributed by atoms with E-state index in [1.165, 1.54) is 0 Å². The molecule has 1 saturated heterocycles. The molecule has 1 heterocycles. The highest BCUT2D eigenvalue weighted by atomic mass is 16.5. The zero-order valence-corrected chi connectivity index (χ0v) is 10.8. The Labute approximate surface area is 103 Å². The molecule has 2 atom stereocenters. The van der Waals surface area contributed by atoms with Crippen LogP contribution < -0.4 is 10.6 Å². The minimum absolute atomic E-state index is 0.0369. The summed E-state index contributed by atoms with van der Waals surface area (Å²) < 4.78 is 4.92. The van der Waals surface area contributed by atoms with Gasteiger partial charge in [-0.25, -0.2) is 0 Å². The molecule has 1 aliphatic heterocycles. The summed E-state index contributed by atoms with van der Waals surface area (Å²) in [6.45, 7) is 4.23. The lowest BCUT2D eigenvalue weighted by Crippen LogP contribution is -2.46. The molecule has 0 bridgehead atoms. The Morgan fingerprint density at radius 3 is 3.00 bits per heavy atom. The van der Waals surface area contributed by atoms with Crippen molar-refractivity contribution < 1.29 is 14.6 Å². The van der Waals surface area contributed by atoms with Gasteiger partial charge in [-0.1, -0.05) is 0 Å². The van der Waals surface area contributed by atoms with E-state index in [9.17, 15) is 9.90 Å². The highest BCUT2D eigenvalue weighted by Gasteiger charge is 2.25. The molecular formula is C12H24N2O3. The lowest BCUT2D eigenvalue weighted by atomic mass is 9.97. The normalized spacial score (nSPS) is 24.1. The molecule has 1 rings (SSSR count). The van der Waals surface area contributed by atoms with Gasteiger partial charge in [-0.2, -0.15) is 0 Å². The fourth-order valence-electron chi connectivity index (χ4n) is 1.91. The van der Waals surface area contributed by atoms with E-state index in [1.807, 2.05) is 0 Å². The summed E-state index contributed by atoms with van der Waals surface area (Å²) in [4.78, 5) is 11.8. The molecule has 0 aromatic rings. The van der Waals surface area contributed by atoms with Gasteiger partial charge in [-0.15, -0.1) is 0 Å². The monoisotopic (exact) mass is 244 g/mol. The largest absolute Gasteiger partial charge is 0.388 e. The number of ether oxygens (including phenoxy) is 1. The Bertz CT molecular complexity index is 238. The van der Waals surface area contributed by atoms with Gasteiger partial charge in [0, 0.05) is 33.2 Å². The van der Waals surface area contributed by atoms with Gasteiger partial charge >= 0.3 is 0 Å². The van der Waals surface area contributed by atoms with Crippen LogP contribution in [0.25, 0.3) is 0 Å². The average Bonchev–Trinajstić information content (AvgIpc) is 2.35. The maximum Gasteiger partial charge on any atom is 0.224 e. The minimum Gasteiger partial charge on any atom is -0.388 e. The molecule has 0 aromatic heterocycles. The topological polar surface area (TPSA) is 70.6 Å². The van der Waals surface area contributed by atoms with Gasteiger partial charge in [0.05, 0.1) is 11.5 Å². The molecule has 5 nitrogen and oxygen atoms in total. The standard InChI is InChI=1S/C12H24N2O3/c1-12(16,5-7-17-2)9-14-11(15)10-4-3-6-13-8-10/h10,13,16H,3-9H2,1-2H3,(H,14,15)/t10-,12?/m1/s1. The van der Waals surface area contributed by atoms with Crippen LogP contribution in [0.2, 0.25) is 0 Å². The first kappa shape index (κ1) is 14.4. The molecule has 1 aliphatic rings. The van der Waals surface area contributed by atoms with Crippen molar-refractivity contribution in [2.75, 3.05) is 33.4 Å². The van der Waals surface area contributed by atoms with Gasteiger partial charge in [-0.05, 0) is 26.3 Å². The molecular weight excluding hydrogens is 220 g/mol. The summed E-state index contributed by atoms with van der Waals surface area (Å²) in [7, 11) is 1.60. The van der Waals surface area contributed by atoms with E-state index in [0.29, 0.717) is 13.0 Å². The number of methoxy groups -OCH3 is 1. The Kier molecular flexibility index (Phi) is 5.88. The average molecular weight is 244 g/mol. The van der Waals surface area contributed by atoms with Gasteiger partial charge in [0.25, 0.3) is 0 Å². The zero-order chi connectivity index (χ0) is 12.7. The van der Waals surface area contributed by atoms with Crippen molar-refractivity contribution in [1.29, 1.82) is 0 Å². The first-order valence-corrected chi connectivity index (χ1v) is 6.25. The maximum absolute atomic E-state index is 11.8. The summed E-state index contributed by atoms with van der Waals surface area (Å²) in [6.07, 6.45) is 2.49. The number of carbonyl (C=O) groups is 1. The van der Waals surface area contributed by atoms with E-state index in [0.717, 1.165) is 25.9 Å². The number of piperidine rings is 1. The Hall–Kier alpha value is -0.650. The van der Waals surface area contributed by atoms with E-state index in [-0.39, 0.29) is 18.4 Å². The van der Waals surface area contributed by atoms with E-state index in [2.05, 4.69) is 10.6 Å². The molecule has 3 N–H and O–H groups in total. The van der Waals surface area contributed by atoms with Crippen LogP contribution in [0.1, 0.15) is 26.2 Å². The van der Waals surface area contributed by atoms with E-state index >= 15 is 0 Å². The van der Waals surface area contributed by atoms with Crippen LogP contribution in [-0.2, 0) is 9.53 Å². The van der Waals surface area contributed by atoms with Crippen LogP contribution in [0.5, 0.6) is 0 Å². The number of nitrogens with one attached hydrogen (secondary N) is 2. The number of hydrogen-bond acceptors (Lipinski definition) is 4. The molecule has 17 heavy (non-hydrogen) atoms. The molecule has 100 valence electrons. The summed E-state index contributed by atoms with van der Waals surface area (Å²) in [5.41, 5.74) is -0.895. The number of hydrogen-bond donors (Lipinski definition) is 3. The molecule has 1 unspecified atom stereocenters. The minimum atomic E-state index is -0.895. The Morgan fingerprint density at radius 2 is 2.41 bits per heavy atom. The summed E-state index contributed by atoms with van der Waals surface area (Å²) in [5, 5.41) is 16.0. The van der Waals surface area contributed by atoms with Crippen LogP contribution in [-0.4, -0.2) is 50.0 Å². The molecule has 0 saturated carbocycles. The number of amides is 1. The summed E-state index contributed by atoms with van der Waals surface area (Å²) in [5.74, 6) is 0.0804. The predicted octanol–water partition coefficient (Wildman–Crippen LogP) is -0.110. The van der Waals surface area contributed by atoms with Crippen LogP contribution in [0.15, 0.2) is 0 Å². The highest BCUT2D eigenvalue weighted by Crippen LogP contribution is 2.11. The SMILES string of the molecule is COCCC(C)(O)CNC(=O)[C@@H]1CCCNC1.